The van der Waals surface area contributed by atoms with Crippen LogP contribution in [0.15, 0.2) is 70.3 Å². The van der Waals surface area contributed by atoms with Crippen molar-refractivity contribution >= 4 is 58.3 Å². The van der Waals surface area contributed by atoms with Crippen LogP contribution >= 0.6 is 22.9 Å². The van der Waals surface area contributed by atoms with Crippen LogP contribution in [0.1, 0.15) is 47.9 Å². The molecule has 3 atom stereocenters. The van der Waals surface area contributed by atoms with Crippen molar-refractivity contribution in [2.45, 2.75) is 50.2 Å². The first-order chi connectivity index (χ1) is 26.0. The molecule has 0 spiro atoms. The Morgan fingerprint density at radius 3 is 2.67 bits per heavy atom. The van der Waals surface area contributed by atoms with E-state index in [4.69, 9.17) is 32.2 Å². The Labute approximate surface area is 320 Å². The summed E-state index contributed by atoms with van der Waals surface area (Å²) in [5.74, 6) is -1.75. The number of aliphatic imine (C=N–C) groups is 1. The Bertz CT molecular complexity index is 1930. The van der Waals surface area contributed by atoms with E-state index in [0.717, 1.165) is 11.3 Å². The average Bonchev–Trinajstić information content (AvgIpc) is 3.82. The highest BCUT2D eigenvalue weighted by molar-refractivity contribution is 7.11. The number of nitrogens with one attached hydrogen (secondary N) is 2. The minimum Gasteiger partial charge on any atom is -0.480 e. The zero-order chi connectivity index (χ0) is 38.4. The molecule has 4 heterocycles. The van der Waals surface area contributed by atoms with E-state index >= 15 is 0 Å². The lowest BCUT2D eigenvalue weighted by atomic mass is 9.95. The number of halogens is 2. The smallest absolute Gasteiger partial charge is 0.338 e. The monoisotopic (exact) mass is 780 g/mol. The fraction of sp³-hybridized carbons (Fsp3) is 0.405. The summed E-state index contributed by atoms with van der Waals surface area (Å²) < 4.78 is 19.3. The molecule has 0 unspecified atom stereocenters. The molecule has 3 amide bonds. The zero-order valence-electron chi connectivity index (χ0n) is 29.7. The first-order valence-electron chi connectivity index (χ1n) is 17.7. The number of thiazole rings is 1. The molecule has 3 aliphatic heterocycles. The van der Waals surface area contributed by atoms with Crippen molar-refractivity contribution in [2.75, 3.05) is 51.3 Å². The topological polar surface area (TPSA) is 183 Å². The van der Waals surface area contributed by atoms with Gasteiger partial charge in [-0.3, -0.25) is 24.4 Å². The van der Waals surface area contributed by atoms with Gasteiger partial charge < -0.3 is 31.1 Å². The van der Waals surface area contributed by atoms with Gasteiger partial charge in [0.2, 0.25) is 5.91 Å². The quantitative estimate of drug-likeness (QED) is 0.131. The van der Waals surface area contributed by atoms with Crippen molar-refractivity contribution in [3.63, 3.8) is 0 Å². The number of anilines is 1. The number of hydrogen-bond acceptors (Lipinski definition) is 11. The number of esters is 1. The fourth-order valence-electron chi connectivity index (χ4n) is 6.85. The molecule has 14 nitrogen and oxygen atoms in total. The fourth-order valence-corrected chi connectivity index (χ4v) is 7.71. The predicted molar refractivity (Wildman–Crippen MR) is 202 cm³/mol. The van der Waals surface area contributed by atoms with Crippen molar-refractivity contribution in [3.8, 4) is 0 Å². The van der Waals surface area contributed by atoms with Crippen molar-refractivity contribution in [1.82, 2.24) is 25.4 Å². The van der Waals surface area contributed by atoms with Gasteiger partial charge in [-0.25, -0.2) is 19.0 Å². The van der Waals surface area contributed by atoms with Gasteiger partial charge in [-0.15, -0.1) is 11.3 Å². The molecule has 17 heteroatoms. The maximum atomic E-state index is 14.0. The Hall–Kier alpha value is -4.90. The number of unbranched alkanes of at least 4 members (excludes halogenated alkanes) is 1. The van der Waals surface area contributed by atoms with Crippen LogP contribution in [0.2, 0.25) is 5.02 Å². The van der Waals surface area contributed by atoms with Crippen LogP contribution in [0, 0.1) is 5.82 Å². The van der Waals surface area contributed by atoms with Gasteiger partial charge >= 0.3 is 18.0 Å². The molecule has 3 aliphatic rings. The second-order valence-corrected chi connectivity index (χ2v) is 14.6. The van der Waals surface area contributed by atoms with E-state index in [0.29, 0.717) is 93.5 Å². The summed E-state index contributed by atoms with van der Waals surface area (Å²) in [5, 5.41) is 17.6. The lowest BCUT2D eigenvalue weighted by Gasteiger charge is -2.38. The molecule has 0 bridgehead atoms. The number of amides is 3. The molecule has 1 aromatic heterocycles. The Kier molecular flexibility index (Phi) is 12.6. The number of nitrogens with two attached hydrogens (primary N) is 1. The Morgan fingerprint density at radius 2 is 1.96 bits per heavy atom. The van der Waals surface area contributed by atoms with E-state index in [1.807, 2.05) is 34.5 Å². The minimum absolute atomic E-state index is 0.0782. The predicted octanol–water partition coefficient (Wildman–Crippen LogP) is 3.71. The maximum absolute atomic E-state index is 14.0. The number of aryl methyl sites for hydroxylation is 1. The van der Waals surface area contributed by atoms with Gasteiger partial charge in [-0.2, -0.15) is 0 Å². The number of methoxy groups -OCH3 is 1. The number of aliphatic carboxylic acids is 1. The van der Waals surface area contributed by atoms with Gasteiger partial charge in [0.05, 0.1) is 18.7 Å². The third kappa shape index (κ3) is 9.06. The van der Waals surface area contributed by atoms with Crippen LogP contribution in [0.4, 0.5) is 14.9 Å². The summed E-state index contributed by atoms with van der Waals surface area (Å²) in [6, 6.07) is 9.69. The molecule has 54 heavy (non-hydrogen) atoms. The molecular weight excluding hydrogens is 739 g/mol. The maximum Gasteiger partial charge on any atom is 0.338 e. The molecule has 0 radical (unpaired) electrons. The number of rotatable bonds is 15. The highest BCUT2D eigenvalue weighted by Gasteiger charge is 2.42. The van der Waals surface area contributed by atoms with Crippen LogP contribution in [0.25, 0.3) is 0 Å². The van der Waals surface area contributed by atoms with Crippen molar-refractivity contribution in [1.29, 1.82) is 0 Å². The summed E-state index contributed by atoms with van der Waals surface area (Å²) in [5.41, 5.74) is 8.52. The number of carbonyl (C=O) groups is 4. The Balaban J connectivity index is 1.08. The number of ether oxygens (including phenoxy) is 1. The summed E-state index contributed by atoms with van der Waals surface area (Å²) in [6.07, 6.45) is 4.14. The van der Waals surface area contributed by atoms with Crippen LogP contribution in [0.5, 0.6) is 0 Å². The van der Waals surface area contributed by atoms with E-state index in [1.165, 1.54) is 36.6 Å². The number of carboxylic acid groups (broad SMARTS) is 1. The van der Waals surface area contributed by atoms with Gasteiger partial charge in [0.25, 0.3) is 0 Å². The molecular formula is C37H42ClFN8O6S. The van der Waals surface area contributed by atoms with Gasteiger partial charge in [0, 0.05) is 79.2 Å². The molecule has 6 rings (SSSR count). The standard InChI is InChI=1S/C37H42ClFN8O6S/c1-53-36(51)31-29(43-33(34-42-14-17-54-34)44-32(31)26-11-8-23(39)18-27(26)38)21-45-15-16-46-25(19-45)20-47(37(46)52)24-9-5-22(6-10-24)7-12-30(48)41-13-3-2-4-28(40)35(49)50/h5-6,8-11,14,17-18,25,28,32H,2-4,7,12-13,15-16,19-21,40H2,1H3,(H,41,48)(H,43,44)(H,49,50)/t25-,28-,32-/m0/s1. The average molecular weight is 781 g/mol. The molecule has 5 N–H and O–H groups in total. The number of carbonyl (C=O) groups excluding carboxylic acids is 3. The van der Waals surface area contributed by atoms with Crippen molar-refractivity contribution in [2.24, 2.45) is 10.7 Å². The molecule has 2 aromatic carbocycles. The van der Waals surface area contributed by atoms with Gasteiger partial charge in [0.15, 0.2) is 10.8 Å². The van der Waals surface area contributed by atoms with Crippen molar-refractivity contribution in [3.05, 3.63) is 92.3 Å². The molecule has 0 aliphatic carbocycles. The summed E-state index contributed by atoms with van der Waals surface area (Å²) >= 11 is 7.88. The number of amidine groups is 1. The van der Waals surface area contributed by atoms with E-state index in [2.05, 4.69) is 20.5 Å². The normalized spacial score (nSPS) is 19.3. The van der Waals surface area contributed by atoms with Crippen LogP contribution < -0.4 is 21.3 Å². The third-order valence-electron chi connectivity index (χ3n) is 9.71. The minimum atomic E-state index is -1.02. The lowest BCUT2D eigenvalue weighted by molar-refractivity contribution is -0.139. The molecule has 0 saturated carbocycles. The molecule has 2 fully saturated rings. The summed E-state index contributed by atoms with van der Waals surface area (Å²) in [4.78, 5) is 65.1. The molecule has 2 saturated heterocycles. The van der Waals surface area contributed by atoms with Gasteiger partial charge in [-0.05, 0) is 55.5 Å². The first-order valence-corrected chi connectivity index (χ1v) is 18.9. The van der Waals surface area contributed by atoms with E-state index in [1.54, 1.807) is 11.1 Å². The number of aromatic nitrogens is 1. The first kappa shape index (κ1) is 38.8. The number of hydrogen-bond donors (Lipinski definition) is 4. The van der Waals surface area contributed by atoms with Crippen LogP contribution in [0.3, 0.4) is 0 Å². The second kappa shape index (κ2) is 17.5. The third-order valence-corrected chi connectivity index (χ3v) is 10.8. The summed E-state index contributed by atoms with van der Waals surface area (Å²) in [7, 11) is 1.30. The van der Waals surface area contributed by atoms with Gasteiger partial charge in [0.1, 0.15) is 17.9 Å². The second-order valence-electron chi connectivity index (χ2n) is 13.3. The van der Waals surface area contributed by atoms with Crippen molar-refractivity contribution < 1.29 is 33.4 Å². The Morgan fingerprint density at radius 1 is 1.17 bits per heavy atom. The number of benzene rings is 2. The van der Waals surface area contributed by atoms with Gasteiger partial charge in [-0.1, -0.05) is 29.8 Å². The summed E-state index contributed by atoms with van der Waals surface area (Å²) in [6.45, 7) is 2.85. The number of urea groups is 1. The van der Waals surface area contributed by atoms with Crippen LogP contribution in [-0.2, 0) is 25.5 Å². The number of nitrogens with zero attached hydrogens (tertiary/aromatic N) is 5. The number of carboxylic acids is 1. The number of fused-ring (bicyclic) bond motifs is 1. The van der Waals surface area contributed by atoms with Crippen LogP contribution in [-0.4, -0.2) is 108 Å². The van der Waals surface area contributed by atoms with E-state index in [9.17, 15) is 23.6 Å². The van der Waals surface area contributed by atoms with E-state index < -0.39 is 29.8 Å². The molecule has 286 valence electrons. The largest absolute Gasteiger partial charge is 0.480 e. The highest BCUT2D eigenvalue weighted by Crippen LogP contribution is 2.37. The van der Waals surface area contributed by atoms with E-state index in [-0.39, 0.29) is 28.6 Å². The SMILES string of the molecule is COC(=O)C1=C(CN2CCN3C(=O)N(c4ccc(CCC(=O)NCCCC[C@H](N)C(=O)O)cc4)C[C@@H]3C2)NC(c2nccs2)=N[C@H]1c1ccc(F)cc1Cl. The number of piperazine rings is 1. The highest BCUT2D eigenvalue weighted by atomic mass is 35.5. The molecule has 3 aromatic rings. The zero-order valence-corrected chi connectivity index (χ0v) is 31.2. The lowest BCUT2D eigenvalue weighted by Crippen LogP contribution is -2.53.